The van der Waals surface area contributed by atoms with Gasteiger partial charge in [0.2, 0.25) is 5.91 Å². The van der Waals surface area contributed by atoms with Crippen LogP contribution in [0.5, 0.6) is 0 Å². The van der Waals surface area contributed by atoms with E-state index in [1.165, 1.54) is 0 Å². The van der Waals surface area contributed by atoms with Crippen LogP contribution >= 0.6 is 0 Å². The third kappa shape index (κ3) is 4.28. The van der Waals surface area contributed by atoms with Crippen LogP contribution in [0.4, 0.5) is 5.69 Å². The van der Waals surface area contributed by atoms with E-state index in [0.29, 0.717) is 36.9 Å². The van der Waals surface area contributed by atoms with Gasteiger partial charge in [0.1, 0.15) is 0 Å². The van der Waals surface area contributed by atoms with Crippen LogP contribution in [0.15, 0.2) is 18.2 Å². The summed E-state index contributed by atoms with van der Waals surface area (Å²) in [4.78, 5) is 25.9. The number of hydrogen-bond donors (Lipinski definition) is 2. The molecule has 1 aliphatic heterocycles. The van der Waals surface area contributed by atoms with Gasteiger partial charge in [0.15, 0.2) is 0 Å². The molecule has 2 atom stereocenters. The van der Waals surface area contributed by atoms with Gasteiger partial charge in [0.25, 0.3) is 5.91 Å². The third-order valence-corrected chi connectivity index (χ3v) is 4.92. The number of benzene rings is 1. The first-order valence-electron chi connectivity index (χ1n) is 8.70. The first kappa shape index (κ1) is 18.3. The van der Waals surface area contributed by atoms with Gasteiger partial charge >= 0.3 is 0 Å². The fourth-order valence-electron chi connectivity index (χ4n) is 2.84. The molecule has 0 aromatic heterocycles. The third-order valence-electron chi connectivity index (χ3n) is 4.92. The SMILES string of the molecule is Cc1c(N[C@@H](C)C(C)C)cccc1C(=O)N[C@H]1CCC(=O)N(C)C1. The molecule has 24 heavy (non-hydrogen) atoms. The van der Waals surface area contributed by atoms with Crippen molar-refractivity contribution in [2.24, 2.45) is 5.92 Å². The average molecular weight is 331 g/mol. The molecule has 0 bridgehead atoms. The number of piperidine rings is 1. The van der Waals surface area contributed by atoms with Gasteiger partial charge in [-0.15, -0.1) is 0 Å². The molecule has 132 valence electrons. The normalized spacial score (nSPS) is 19.3. The van der Waals surface area contributed by atoms with Crippen LogP contribution in [0, 0.1) is 12.8 Å². The van der Waals surface area contributed by atoms with Gasteiger partial charge in [-0.05, 0) is 43.9 Å². The van der Waals surface area contributed by atoms with Gasteiger partial charge in [-0.3, -0.25) is 9.59 Å². The van der Waals surface area contributed by atoms with Crippen molar-refractivity contribution in [3.8, 4) is 0 Å². The Hall–Kier alpha value is -2.04. The van der Waals surface area contributed by atoms with Crippen LogP contribution in [-0.4, -0.2) is 42.4 Å². The number of anilines is 1. The molecule has 2 rings (SSSR count). The molecule has 1 aromatic carbocycles. The van der Waals surface area contributed by atoms with Gasteiger partial charge in [0.05, 0.1) is 0 Å². The second kappa shape index (κ2) is 7.69. The molecule has 0 radical (unpaired) electrons. The van der Waals surface area contributed by atoms with E-state index in [9.17, 15) is 9.59 Å². The summed E-state index contributed by atoms with van der Waals surface area (Å²) in [6.45, 7) is 9.04. The van der Waals surface area contributed by atoms with E-state index < -0.39 is 0 Å². The van der Waals surface area contributed by atoms with E-state index in [1.807, 2.05) is 25.1 Å². The van der Waals surface area contributed by atoms with Crippen molar-refractivity contribution in [1.29, 1.82) is 0 Å². The summed E-state index contributed by atoms with van der Waals surface area (Å²) in [6.07, 6.45) is 1.20. The maximum absolute atomic E-state index is 12.7. The number of carbonyl (C=O) groups excluding carboxylic acids is 2. The zero-order valence-corrected chi connectivity index (χ0v) is 15.3. The highest BCUT2D eigenvalue weighted by Gasteiger charge is 2.25. The molecular weight excluding hydrogens is 302 g/mol. The number of nitrogens with zero attached hydrogens (tertiary/aromatic N) is 1. The topological polar surface area (TPSA) is 61.4 Å². The second-order valence-electron chi connectivity index (χ2n) is 7.14. The lowest BCUT2D eigenvalue weighted by Crippen LogP contribution is -2.48. The number of likely N-dealkylation sites (tertiary alicyclic amines) is 1. The smallest absolute Gasteiger partial charge is 0.251 e. The molecule has 0 aliphatic carbocycles. The summed E-state index contributed by atoms with van der Waals surface area (Å²) in [5.41, 5.74) is 2.65. The Bertz CT molecular complexity index is 613. The summed E-state index contributed by atoms with van der Waals surface area (Å²) in [7, 11) is 1.78. The summed E-state index contributed by atoms with van der Waals surface area (Å²) in [6, 6.07) is 6.13. The van der Waals surface area contributed by atoms with Crippen molar-refractivity contribution in [2.45, 2.75) is 52.6 Å². The van der Waals surface area contributed by atoms with Crippen molar-refractivity contribution >= 4 is 17.5 Å². The number of carbonyl (C=O) groups is 2. The molecule has 5 nitrogen and oxygen atoms in total. The Morgan fingerprint density at radius 1 is 1.29 bits per heavy atom. The molecule has 5 heteroatoms. The zero-order valence-electron chi connectivity index (χ0n) is 15.3. The van der Waals surface area contributed by atoms with E-state index in [2.05, 4.69) is 31.4 Å². The number of nitrogens with one attached hydrogen (secondary N) is 2. The maximum Gasteiger partial charge on any atom is 0.251 e. The first-order valence-corrected chi connectivity index (χ1v) is 8.70. The summed E-state index contributed by atoms with van der Waals surface area (Å²) in [5, 5.41) is 6.56. The molecule has 2 amide bonds. The minimum absolute atomic E-state index is 0.0193. The highest BCUT2D eigenvalue weighted by atomic mass is 16.2. The molecule has 1 aliphatic rings. The molecule has 0 unspecified atom stereocenters. The van der Waals surface area contributed by atoms with Gasteiger partial charge < -0.3 is 15.5 Å². The van der Waals surface area contributed by atoms with Crippen LogP contribution < -0.4 is 10.6 Å². The quantitative estimate of drug-likeness (QED) is 0.872. The van der Waals surface area contributed by atoms with Crippen molar-refractivity contribution < 1.29 is 9.59 Å². The Kier molecular flexibility index (Phi) is 5.86. The van der Waals surface area contributed by atoms with Crippen molar-refractivity contribution in [3.63, 3.8) is 0 Å². The average Bonchev–Trinajstić information content (AvgIpc) is 2.52. The maximum atomic E-state index is 12.7. The number of likely N-dealkylation sites (N-methyl/N-ethyl adjacent to an activating group) is 1. The number of amides is 2. The molecule has 2 N–H and O–H groups in total. The summed E-state index contributed by atoms with van der Waals surface area (Å²) >= 11 is 0. The highest BCUT2D eigenvalue weighted by Crippen LogP contribution is 2.22. The molecule has 1 saturated heterocycles. The Morgan fingerprint density at radius 2 is 2.00 bits per heavy atom. The highest BCUT2D eigenvalue weighted by molar-refractivity contribution is 5.97. The number of hydrogen-bond acceptors (Lipinski definition) is 3. The number of rotatable bonds is 5. The standard InChI is InChI=1S/C19H29N3O2/c1-12(2)14(4)20-17-8-6-7-16(13(17)3)19(24)21-15-9-10-18(23)22(5)11-15/h6-8,12,14-15,20H,9-11H2,1-5H3,(H,21,24)/t14-,15-/m0/s1. The summed E-state index contributed by atoms with van der Waals surface area (Å²) < 4.78 is 0. The van der Waals surface area contributed by atoms with Crippen LogP contribution in [0.1, 0.15) is 49.5 Å². The van der Waals surface area contributed by atoms with Crippen LogP contribution in [-0.2, 0) is 4.79 Å². The Labute approximate surface area is 144 Å². The predicted octanol–water partition coefficient (Wildman–Crippen LogP) is 2.80. The fraction of sp³-hybridized carbons (Fsp3) is 0.579. The van der Waals surface area contributed by atoms with Gasteiger partial charge in [-0.25, -0.2) is 0 Å². The van der Waals surface area contributed by atoms with Crippen LogP contribution in [0.3, 0.4) is 0 Å². The van der Waals surface area contributed by atoms with Crippen LogP contribution in [0.2, 0.25) is 0 Å². The van der Waals surface area contributed by atoms with Gasteiger partial charge in [0, 0.05) is 43.3 Å². The first-order chi connectivity index (χ1) is 11.3. The van der Waals surface area contributed by atoms with Gasteiger partial charge in [-0.2, -0.15) is 0 Å². The van der Waals surface area contributed by atoms with E-state index in [4.69, 9.17) is 0 Å². The monoisotopic (exact) mass is 331 g/mol. The minimum atomic E-state index is -0.0684. The summed E-state index contributed by atoms with van der Waals surface area (Å²) in [5.74, 6) is 0.587. The molecular formula is C19H29N3O2. The van der Waals surface area contributed by atoms with E-state index in [0.717, 1.165) is 11.3 Å². The lowest BCUT2D eigenvalue weighted by atomic mass is 10.0. The zero-order chi connectivity index (χ0) is 17.9. The van der Waals surface area contributed by atoms with Gasteiger partial charge in [-0.1, -0.05) is 19.9 Å². The van der Waals surface area contributed by atoms with Crippen molar-refractivity contribution in [3.05, 3.63) is 29.3 Å². The van der Waals surface area contributed by atoms with E-state index >= 15 is 0 Å². The molecule has 1 fully saturated rings. The predicted molar refractivity (Wildman–Crippen MR) is 97.2 cm³/mol. The molecule has 1 aromatic rings. The lowest BCUT2D eigenvalue weighted by Gasteiger charge is -2.30. The van der Waals surface area contributed by atoms with E-state index in [1.54, 1.807) is 11.9 Å². The Balaban J connectivity index is 2.08. The molecule has 0 saturated carbocycles. The lowest BCUT2D eigenvalue weighted by molar-refractivity contribution is -0.132. The van der Waals surface area contributed by atoms with Crippen LogP contribution in [0.25, 0.3) is 0 Å². The van der Waals surface area contributed by atoms with Crippen molar-refractivity contribution in [1.82, 2.24) is 10.2 Å². The molecule has 1 heterocycles. The Morgan fingerprint density at radius 3 is 2.62 bits per heavy atom. The van der Waals surface area contributed by atoms with Crippen molar-refractivity contribution in [2.75, 3.05) is 18.9 Å². The van der Waals surface area contributed by atoms with E-state index in [-0.39, 0.29) is 17.9 Å². The second-order valence-corrected chi connectivity index (χ2v) is 7.14. The largest absolute Gasteiger partial charge is 0.382 e. The molecule has 0 spiro atoms. The minimum Gasteiger partial charge on any atom is -0.382 e. The fourth-order valence-corrected chi connectivity index (χ4v) is 2.84.